The first-order chi connectivity index (χ1) is 8.47. The predicted octanol–water partition coefficient (Wildman–Crippen LogP) is 3.89. The predicted molar refractivity (Wildman–Crippen MR) is 66.6 cm³/mol. The van der Waals surface area contributed by atoms with E-state index in [-0.39, 0.29) is 11.3 Å². The molecule has 18 heavy (non-hydrogen) atoms. The van der Waals surface area contributed by atoms with Crippen LogP contribution in [0.4, 0.5) is 4.39 Å². The first-order valence-corrected chi connectivity index (χ1v) is 5.58. The molecule has 6 heteroatoms. The van der Waals surface area contributed by atoms with Crippen LogP contribution in [0.2, 0.25) is 10.0 Å². The van der Waals surface area contributed by atoms with E-state index in [0.29, 0.717) is 15.6 Å². The van der Waals surface area contributed by atoms with Crippen molar-refractivity contribution in [3.05, 3.63) is 52.0 Å². The zero-order chi connectivity index (χ0) is 13.3. The molecule has 0 bridgehead atoms. The van der Waals surface area contributed by atoms with Crippen molar-refractivity contribution in [1.29, 1.82) is 0 Å². The average molecular weight is 286 g/mol. The monoisotopic (exact) mass is 285 g/mol. The standard InChI is InChI=1S/C12H6Cl2FNO2/c13-7-1-6(2-8(14)3-7)10-4-9(15)5-16-11(10)12(17)18/h1-5H,(H,17,18). The summed E-state index contributed by atoms with van der Waals surface area (Å²) in [6, 6.07) is 5.57. The molecule has 1 N–H and O–H groups in total. The van der Waals surface area contributed by atoms with Crippen LogP contribution >= 0.6 is 23.2 Å². The van der Waals surface area contributed by atoms with E-state index in [4.69, 9.17) is 28.3 Å². The van der Waals surface area contributed by atoms with Crippen LogP contribution in [0, 0.1) is 5.82 Å². The lowest BCUT2D eigenvalue weighted by Gasteiger charge is -2.06. The molecular formula is C12H6Cl2FNO2. The number of pyridine rings is 1. The molecule has 1 heterocycles. The van der Waals surface area contributed by atoms with E-state index >= 15 is 0 Å². The van der Waals surface area contributed by atoms with Gasteiger partial charge in [0.15, 0.2) is 5.69 Å². The quantitative estimate of drug-likeness (QED) is 0.911. The van der Waals surface area contributed by atoms with Crippen molar-refractivity contribution < 1.29 is 14.3 Å². The minimum Gasteiger partial charge on any atom is -0.476 e. The lowest BCUT2D eigenvalue weighted by molar-refractivity contribution is 0.0691. The zero-order valence-corrected chi connectivity index (χ0v) is 10.3. The molecule has 0 fully saturated rings. The van der Waals surface area contributed by atoms with E-state index in [1.165, 1.54) is 18.2 Å². The molecule has 0 radical (unpaired) electrons. The van der Waals surface area contributed by atoms with Gasteiger partial charge >= 0.3 is 5.97 Å². The maximum absolute atomic E-state index is 13.2. The Kier molecular flexibility index (Phi) is 3.50. The van der Waals surface area contributed by atoms with Crippen LogP contribution in [0.5, 0.6) is 0 Å². The van der Waals surface area contributed by atoms with Crippen molar-refractivity contribution in [2.45, 2.75) is 0 Å². The SMILES string of the molecule is O=C(O)c1ncc(F)cc1-c1cc(Cl)cc(Cl)c1. The third-order valence-corrected chi connectivity index (χ3v) is 2.67. The van der Waals surface area contributed by atoms with Crippen molar-refractivity contribution in [2.75, 3.05) is 0 Å². The molecule has 92 valence electrons. The molecule has 0 saturated carbocycles. The normalized spacial score (nSPS) is 10.4. The number of carbonyl (C=O) groups is 1. The number of aromatic carboxylic acids is 1. The maximum atomic E-state index is 13.2. The molecule has 0 spiro atoms. The van der Waals surface area contributed by atoms with Gasteiger partial charge in [0.1, 0.15) is 5.82 Å². The van der Waals surface area contributed by atoms with Gasteiger partial charge in [-0.25, -0.2) is 14.2 Å². The van der Waals surface area contributed by atoms with Gasteiger partial charge in [-0.15, -0.1) is 0 Å². The van der Waals surface area contributed by atoms with Crippen LogP contribution in [-0.4, -0.2) is 16.1 Å². The summed E-state index contributed by atoms with van der Waals surface area (Å²) < 4.78 is 13.2. The smallest absolute Gasteiger partial charge is 0.355 e. The second kappa shape index (κ2) is 4.92. The van der Waals surface area contributed by atoms with Crippen molar-refractivity contribution in [3.63, 3.8) is 0 Å². The van der Waals surface area contributed by atoms with E-state index < -0.39 is 11.8 Å². The summed E-state index contributed by atoms with van der Waals surface area (Å²) in [5.41, 5.74) is 0.276. The van der Waals surface area contributed by atoms with Crippen LogP contribution in [0.25, 0.3) is 11.1 Å². The summed E-state index contributed by atoms with van der Waals surface area (Å²) in [5.74, 6) is -1.88. The summed E-state index contributed by atoms with van der Waals surface area (Å²) in [7, 11) is 0. The fourth-order valence-electron chi connectivity index (χ4n) is 1.54. The highest BCUT2D eigenvalue weighted by Crippen LogP contribution is 2.29. The molecule has 0 aliphatic rings. The average Bonchev–Trinajstić information content (AvgIpc) is 2.27. The van der Waals surface area contributed by atoms with Crippen molar-refractivity contribution in [2.24, 2.45) is 0 Å². The van der Waals surface area contributed by atoms with Crippen LogP contribution in [0.15, 0.2) is 30.5 Å². The Morgan fingerprint density at radius 1 is 1.17 bits per heavy atom. The highest BCUT2D eigenvalue weighted by atomic mass is 35.5. The molecule has 1 aromatic heterocycles. The van der Waals surface area contributed by atoms with Crippen LogP contribution in [0.3, 0.4) is 0 Å². The van der Waals surface area contributed by atoms with Gasteiger partial charge in [-0.3, -0.25) is 0 Å². The number of benzene rings is 1. The number of hydrogen-bond acceptors (Lipinski definition) is 2. The molecular weight excluding hydrogens is 280 g/mol. The molecule has 0 aliphatic heterocycles. The summed E-state index contributed by atoms with van der Waals surface area (Å²) in [6.45, 7) is 0. The maximum Gasteiger partial charge on any atom is 0.355 e. The molecule has 2 rings (SSSR count). The highest BCUT2D eigenvalue weighted by Gasteiger charge is 2.15. The van der Waals surface area contributed by atoms with E-state index in [2.05, 4.69) is 4.98 Å². The highest BCUT2D eigenvalue weighted by molar-refractivity contribution is 6.35. The van der Waals surface area contributed by atoms with Gasteiger partial charge in [-0.1, -0.05) is 23.2 Å². The number of carboxylic acid groups (broad SMARTS) is 1. The minimum absolute atomic E-state index is 0.131. The fraction of sp³-hybridized carbons (Fsp3) is 0. The second-order valence-electron chi connectivity index (χ2n) is 3.51. The second-order valence-corrected chi connectivity index (χ2v) is 4.39. The van der Waals surface area contributed by atoms with Gasteiger partial charge < -0.3 is 5.11 Å². The van der Waals surface area contributed by atoms with Gasteiger partial charge in [-0.2, -0.15) is 0 Å². The Bertz CT molecular complexity index is 611. The summed E-state index contributed by atoms with van der Waals surface area (Å²) >= 11 is 11.7. The Balaban J connectivity index is 2.68. The Labute approximate surface area is 112 Å². The van der Waals surface area contributed by atoms with Crippen molar-refractivity contribution in [1.82, 2.24) is 4.98 Å². The Morgan fingerprint density at radius 3 is 2.33 bits per heavy atom. The number of aromatic nitrogens is 1. The van der Waals surface area contributed by atoms with Crippen molar-refractivity contribution in [3.8, 4) is 11.1 Å². The van der Waals surface area contributed by atoms with E-state index in [9.17, 15) is 9.18 Å². The number of carboxylic acids is 1. The van der Waals surface area contributed by atoms with Crippen LogP contribution in [0.1, 0.15) is 10.5 Å². The van der Waals surface area contributed by atoms with Gasteiger partial charge in [-0.05, 0) is 29.8 Å². The molecule has 0 aliphatic carbocycles. The number of nitrogens with zero attached hydrogens (tertiary/aromatic N) is 1. The summed E-state index contributed by atoms with van der Waals surface area (Å²) in [6.07, 6.45) is 0.846. The van der Waals surface area contributed by atoms with Gasteiger partial charge in [0.05, 0.1) is 6.20 Å². The minimum atomic E-state index is -1.25. The number of hydrogen-bond donors (Lipinski definition) is 1. The Hall–Kier alpha value is -1.65. The molecule has 1 aromatic carbocycles. The molecule has 0 amide bonds. The van der Waals surface area contributed by atoms with E-state index in [1.54, 1.807) is 0 Å². The third-order valence-electron chi connectivity index (χ3n) is 2.23. The molecule has 2 aromatic rings. The molecule has 3 nitrogen and oxygen atoms in total. The van der Waals surface area contributed by atoms with E-state index in [0.717, 1.165) is 12.3 Å². The fourth-order valence-corrected chi connectivity index (χ4v) is 2.07. The Morgan fingerprint density at radius 2 is 1.78 bits per heavy atom. The van der Waals surface area contributed by atoms with E-state index in [1.807, 2.05) is 0 Å². The third kappa shape index (κ3) is 2.60. The zero-order valence-electron chi connectivity index (χ0n) is 8.82. The molecule has 0 saturated heterocycles. The van der Waals surface area contributed by atoms with Crippen molar-refractivity contribution >= 4 is 29.2 Å². The van der Waals surface area contributed by atoms with Gasteiger partial charge in [0, 0.05) is 15.6 Å². The summed E-state index contributed by atoms with van der Waals surface area (Å²) in [5, 5.41) is 9.67. The molecule has 0 atom stereocenters. The first kappa shape index (κ1) is 12.8. The largest absolute Gasteiger partial charge is 0.476 e. The number of halogens is 3. The van der Waals surface area contributed by atoms with Gasteiger partial charge in [0.2, 0.25) is 0 Å². The van der Waals surface area contributed by atoms with Crippen LogP contribution in [-0.2, 0) is 0 Å². The summed E-state index contributed by atoms with van der Waals surface area (Å²) in [4.78, 5) is 14.6. The topological polar surface area (TPSA) is 50.2 Å². The lowest BCUT2D eigenvalue weighted by atomic mass is 10.0. The lowest BCUT2D eigenvalue weighted by Crippen LogP contribution is -2.03. The van der Waals surface area contributed by atoms with Crippen LogP contribution < -0.4 is 0 Å². The molecule has 0 unspecified atom stereocenters. The first-order valence-electron chi connectivity index (χ1n) is 4.82. The van der Waals surface area contributed by atoms with Gasteiger partial charge in [0.25, 0.3) is 0 Å². The number of rotatable bonds is 2.